The molecule has 0 saturated carbocycles. The number of esters is 1. The molecule has 0 atom stereocenters. The van der Waals surface area contributed by atoms with Crippen molar-refractivity contribution in [2.45, 2.75) is 194 Å². The predicted molar refractivity (Wildman–Crippen MR) is 183 cm³/mol. The lowest BCUT2D eigenvalue weighted by Crippen LogP contribution is -2.43. The summed E-state index contributed by atoms with van der Waals surface area (Å²) in [7, 11) is 4.56. The van der Waals surface area contributed by atoms with Crippen molar-refractivity contribution in [1.29, 1.82) is 0 Å². The van der Waals surface area contributed by atoms with Crippen molar-refractivity contribution in [3.63, 3.8) is 0 Å². The Morgan fingerprint density at radius 2 is 0.854 bits per heavy atom. The minimum Gasteiger partial charge on any atom is -0.460 e. The molecule has 0 heterocycles. The van der Waals surface area contributed by atoms with E-state index >= 15 is 0 Å². The van der Waals surface area contributed by atoms with E-state index in [0.717, 1.165) is 23.9 Å². The molecule has 0 aliphatic heterocycles. The van der Waals surface area contributed by atoms with E-state index in [9.17, 15) is 4.79 Å². The van der Waals surface area contributed by atoms with Crippen molar-refractivity contribution in [2.24, 2.45) is 0 Å². The molecule has 0 N–H and O–H groups in total. The zero-order chi connectivity index (χ0) is 30.1. The van der Waals surface area contributed by atoms with Crippen molar-refractivity contribution in [2.75, 3.05) is 33.8 Å². The van der Waals surface area contributed by atoms with Gasteiger partial charge in [-0.2, -0.15) is 0 Å². The summed E-state index contributed by atoms with van der Waals surface area (Å²) in [5.74, 6) is -0.000814. The molecule has 0 bridgehead atoms. The van der Waals surface area contributed by atoms with Crippen LogP contribution in [0.3, 0.4) is 0 Å². The van der Waals surface area contributed by atoms with Crippen molar-refractivity contribution < 1.29 is 14.0 Å². The highest BCUT2D eigenvalue weighted by molar-refractivity contribution is 5.69. The Labute approximate surface area is 259 Å². The smallest absolute Gasteiger partial charge is 0.305 e. The molecule has 0 aromatic carbocycles. The first-order valence-electron chi connectivity index (χ1n) is 18.6. The maximum Gasteiger partial charge on any atom is 0.305 e. The molecule has 3 nitrogen and oxygen atoms in total. The number of ether oxygens (including phenoxy) is 1. The minimum absolute atomic E-state index is 0.000814. The highest BCUT2D eigenvalue weighted by Gasteiger charge is 2.15. The van der Waals surface area contributed by atoms with Gasteiger partial charge in [-0.3, -0.25) is 4.79 Å². The second kappa shape index (κ2) is 32.1. The summed E-state index contributed by atoms with van der Waals surface area (Å²) in [6, 6.07) is 0. The van der Waals surface area contributed by atoms with E-state index in [-0.39, 0.29) is 5.97 Å². The first-order valence-corrected chi connectivity index (χ1v) is 18.6. The number of hydrogen-bond acceptors (Lipinski definition) is 2. The third kappa shape index (κ3) is 33.5. The molecule has 0 unspecified atom stereocenters. The van der Waals surface area contributed by atoms with Crippen LogP contribution in [-0.2, 0) is 9.53 Å². The Hall–Kier alpha value is -0.830. The van der Waals surface area contributed by atoms with Crippen LogP contribution in [0, 0.1) is 0 Å². The molecule has 0 saturated heterocycles. The van der Waals surface area contributed by atoms with E-state index in [1.54, 1.807) is 0 Å². The summed E-state index contributed by atoms with van der Waals surface area (Å²) in [6.45, 7) is 7.25. The molecule has 0 aliphatic carbocycles. The van der Waals surface area contributed by atoms with Crippen molar-refractivity contribution in [3.05, 3.63) is 12.2 Å². The molecule has 0 aromatic heterocycles. The van der Waals surface area contributed by atoms with E-state index in [1.165, 1.54) is 167 Å². The zero-order valence-electron chi connectivity index (χ0n) is 28.8. The Morgan fingerprint density at radius 1 is 0.488 bits per heavy atom. The molecule has 0 rings (SSSR count). The van der Waals surface area contributed by atoms with Crippen LogP contribution < -0.4 is 0 Å². The zero-order valence-corrected chi connectivity index (χ0v) is 28.8. The van der Waals surface area contributed by atoms with Gasteiger partial charge in [-0.15, -0.1) is 0 Å². The summed E-state index contributed by atoms with van der Waals surface area (Å²) in [6.07, 6.45) is 41.7. The third-order valence-corrected chi connectivity index (χ3v) is 8.72. The second-order valence-corrected chi connectivity index (χ2v) is 13.5. The first kappa shape index (κ1) is 40.2. The van der Waals surface area contributed by atoms with Crippen LogP contribution in [0.2, 0.25) is 0 Å². The minimum atomic E-state index is -0.000814. The van der Waals surface area contributed by atoms with Gasteiger partial charge in [0.25, 0.3) is 0 Å². The molecule has 244 valence electrons. The molecular formula is C38H76NO2+. The number of rotatable bonds is 33. The number of carbonyl (C=O) groups excluding carboxylic acids is 1. The van der Waals surface area contributed by atoms with E-state index in [1.807, 2.05) is 0 Å². The molecule has 0 radical (unpaired) electrons. The monoisotopic (exact) mass is 579 g/mol. The fourth-order valence-corrected chi connectivity index (χ4v) is 5.67. The molecule has 3 heteroatoms. The van der Waals surface area contributed by atoms with Crippen LogP contribution in [0.25, 0.3) is 0 Å². The van der Waals surface area contributed by atoms with Crippen LogP contribution >= 0.6 is 0 Å². The van der Waals surface area contributed by atoms with Gasteiger partial charge in [0.05, 0.1) is 20.6 Å². The van der Waals surface area contributed by atoms with E-state index < -0.39 is 0 Å². The predicted octanol–water partition coefficient (Wildman–Crippen LogP) is 12.1. The fourth-order valence-electron chi connectivity index (χ4n) is 5.67. The number of nitrogens with zero attached hydrogens (tertiary/aromatic N) is 1. The van der Waals surface area contributed by atoms with Crippen LogP contribution in [0.15, 0.2) is 12.2 Å². The third-order valence-electron chi connectivity index (χ3n) is 8.72. The first-order chi connectivity index (χ1) is 20.0. The molecule has 0 aliphatic rings. The van der Waals surface area contributed by atoms with Gasteiger partial charge in [-0.25, -0.2) is 0 Å². The topological polar surface area (TPSA) is 26.3 Å². The van der Waals surface area contributed by atoms with Gasteiger partial charge >= 0.3 is 5.97 Å². The Balaban J connectivity index is 3.43. The number of likely N-dealkylation sites (N-methyl/N-ethyl adjacent to an activating group) is 1. The van der Waals surface area contributed by atoms with Gasteiger partial charge in [0.15, 0.2) is 0 Å². The fraction of sp³-hybridized carbons (Fsp3) is 0.921. The van der Waals surface area contributed by atoms with Gasteiger partial charge in [0.1, 0.15) is 13.2 Å². The maximum absolute atomic E-state index is 12.1. The van der Waals surface area contributed by atoms with Crippen LogP contribution in [-0.4, -0.2) is 44.2 Å². The number of unbranched alkanes of at least 4 members (excludes halogenated alkanes) is 24. The highest BCUT2D eigenvalue weighted by atomic mass is 16.5. The summed E-state index contributed by atoms with van der Waals surface area (Å²) < 4.78 is 6.51. The molecule has 0 spiro atoms. The number of hydrogen-bond donors (Lipinski definition) is 0. The quantitative estimate of drug-likeness (QED) is 0.0335. The van der Waals surface area contributed by atoms with Gasteiger partial charge < -0.3 is 9.22 Å². The second-order valence-electron chi connectivity index (χ2n) is 13.5. The van der Waals surface area contributed by atoms with Crippen LogP contribution in [0.4, 0.5) is 0 Å². The van der Waals surface area contributed by atoms with Crippen molar-refractivity contribution in [1.82, 2.24) is 0 Å². The van der Waals surface area contributed by atoms with Crippen LogP contribution in [0.1, 0.15) is 194 Å². The molecule has 41 heavy (non-hydrogen) atoms. The number of allylic oxidation sites excluding steroid dienone is 2. The lowest BCUT2D eigenvalue weighted by atomic mass is 10.0. The summed E-state index contributed by atoms with van der Waals surface area (Å²) in [4.78, 5) is 12.1. The summed E-state index contributed by atoms with van der Waals surface area (Å²) >= 11 is 0. The average molecular weight is 579 g/mol. The van der Waals surface area contributed by atoms with Crippen molar-refractivity contribution in [3.8, 4) is 0 Å². The van der Waals surface area contributed by atoms with Gasteiger partial charge in [-0.1, -0.05) is 154 Å². The Kier molecular flexibility index (Phi) is 31.4. The number of quaternary nitrogens is 1. The molecule has 0 amide bonds. The van der Waals surface area contributed by atoms with Crippen molar-refractivity contribution >= 4 is 5.97 Å². The highest BCUT2D eigenvalue weighted by Crippen LogP contribution is 2.14. The number of carbonyl (C=O) groups is 1. The molecule has 0 aromatic rings. The van der Waals surface area contributed by atoms with Gasteiger partial charge in [0.2, 0.25) is 0 Å². The summed E-state index contributed by atoms with van der Waals surface area (Å²) in [5, 5.41) is 0. The van der Waals surface area contributed by atoms with Gasteiger partial charge in [0, 0.05) is 6.42 Å². The maximum atomic E-state index is 12.1. The van der Waals surface area contributed by atoms with E-state index in [4.69, 9.17) is 4.74 Å². The van der Waals surface area contributed by atoms with Crippen LogP contribution in [0.5, 0.6) is 0 Å². The summed E-state index contributed by atoms with van der Waals surface area (Å²) in [5.41, 5.74) is 0. The molecule has 0 fully saturated rings. The van der Waals surface area contributed by atoms with Gasteiger partial charge in [-0.05, 0) is 44.9 Å². The lowest BCUT2D eigenvalue weighted by Gasteiger charge is -2.29. The SMILES string of the molecule is CCCCCCCC/C=C\CCCCCCCC(=O)OCC[N+](C)(C)CCCCCCCCCCCCCCCC. The molecular weight excluding hydrogens is 502 g/mol. The standard InChI is InChI=1S/C38H76NO2/c1-5-7-9-11-13-15-17-19-21-22-24-26-28-30-32-34-38(40)41-37-36-39(3,4)35-33-31-29-27-25-23-20-18-16-14-12-10-8-6-2/h19,21H,5-18,20,22-37H2,1-4H3/q+1/b21-19-. The Morgan fingerprint density at radius 3 is 1.29 bits per heavy atom. The van der Waals surface area contributed by atoms with E-state index in [2.05, 4.69) is 40.1 Å². The lowest BCUT2D eigenvalue weighted by molar-refractivity contribution is -0.890. The average Bonchev–Trinajstić information content (AvgIpc) is 2.95. The normalized spacial score (nSPS) is 12.0. The largest absolute Gasteiger partial charge is 0.460 e. The Bertz CT molecular complexity index is 556. The van der Waals surface area contributed by atoms with E-state index in [0.29, 0.717) is 13.0 Å².